The first-order valence-corrected chi connectivity index (χ1v) is 10.6. The third-order valence-corrected chi connectivity index (χ3v) is 5.82. The summed E-state index contributed by atoms with van der Waals surface area (Å²) < 4.78 is 6.91. The van der Waals surface area contributed by atoms with Crippen molar-refractivity contribution >= 4 is 23.2 Å². The molecule has 156 valence electrons. The van der Waals surface area contributed by atoms with Crippen molar-refractivity contribution in [3.63, 3.8) is 0 Å². The van der Waals surface area contributed by atoms with Crippen molar-refractivity contribution in [3.05, 3.63) is 71.4 Å². The van der Waals surface area contributed by atoms with Gasteiger partial charge >= 0.3 is 0 Å². The summed E-state index contributed by atoms with van der Waals surface area (Å²) >= 11 is 6.03. The Morgan fingerprint density at radius 1 is 0.935 bits per heavy atom. The topological polar surface area (TPSA) is 59.7 Å². The van der Waals surface area contributed by atoms with Gasteiger partial charge in [-0.15, -0.1) is 0 Å². The Morgan fingerprint density at radius 3 is 2.26 bits per heavy atom. The van der Waals surface area contributed by atoms with Gasteiger partial charge in [0, 0.05) is 35.3 Å². The lowest BCUT2D eigenvalue weighted by Gasteiger charge is -2.16. The summed E-state index contributed by atoms with van der Waals surface area (Å²) in [4.78, 5) is 20.0. The fourth-order valence-electron chi connectivity index (χ4n) is 3.88. The number of benzene rings is 2. The van der Waals surface area contributed by atoms with Gasteiger partial charge in [-0.2, -0.15) is 5.10 Å². The molecule has 2 aromatic carbocycles. The van der Waals surface area contributed by atoms with Crippen molar-refractivity contribution in [1.82, 2.24) is 19.5 Å². The number of rotatable bonds is 4. The van der Waals surface area contributed by atoms with Gasteiger partial charge in [0.05, 0.1) is 18.5 Å². The van der Waals surface area contributed by atoms with Crippen LogP contribution in [0.2, 0.25) is 5.02 Å². The highest BCUT2D eigenvalue weighted by Crippen LogP contribution is 2.27. The van der Waals surface area contributed by atoms with Gasteiger partial charge < -0.3 is 9.64 Å². The standard InChI is InChI=1S/C24H21ClN4O2/c1-31-19-10-6-16(7-11-19)20-14-22(24(30)28-12-2-3-13-28)29-23(26-20)15-21(27-29)17-4-8-18(25)9-5-17/h4-11,14-15H,2-3,12-13H2,1H3. The van der Waals surface area contributed by atoms with Gasteiger partial charge in [-0.05, 0) is 55.3 Å². The van der Waals surface area contributed by atoms with E-state index < -0.39 is 0 Å². The molecule has 0 spiro atoms. The van der Waals surface area contributed by atoms with Crippen LogP contribution in [-0.4, -0.2) is 45.6 Å². The number of aromatic nitrogens is 3. The number of carbonyl (C=O) groups is 1. The SMILES string of the molecule is COc1ccc(-c2cc(C(=O)N3CCCC3)n3nc(-c4ccc(Cl)cc4)cc3n2)cc1. The van der Waals surface area contributed by atoms with Crippen molar-refractivity contribution in [2.24, 2.45) is 0 Å². The largest absolute Gasteiger partial charge is 0.497 e. The van der Waals surface area contributed by atoms with Crippen LogP contribution in [0.1, 0.15) is 23.3 Å². The van der Waals surface area contributed by atoms with Gasteiger partial charge in [-0.3, -0.25) is 4.79 Å². The maximum absolute atomic E-state index is 13.3. The van der Waals surface area contributed by atoms with E-state index >= 15 is 0 Å². The summed E-state index contributed by atoms with van der Waals surface area (Å²) in [7, 11) is 1.64. The lowest BCUT2D eigenvalue weighted by molar-refractivity contribution is 0.0784. The van der Waals surface area contributed by atoms with Crippen LogP contribution in [0.4, 0.5) is 0 Å². The van der Waals surface area contributed by atoms with E-state index in [2.05, 4.69) is 0 Å². The number of methoxy groups -OCH3 is 1. The van der Waals surface area contributed by atoms with Crippen LogP contribution < -0.4 is 4.74 Å². The van der Waals surface area contributed by atoms with E-state index in [0.717, 1.165) is 54.2 Å². The van der Waals surface area contributed by atoms with Crippen LogP contribution in [0.15, 0.2) is 60.7 Å². The fraction of sp³-hybridized carbons (Fsp3) is 0.208. The molecule has 6 nitrogen and oxygen atoms in total. The van der Waals surface area contributed by atoms with E-state index in [1.165, 1.54) is 0 Å². The molecule has 0 radical (unpaired) electrons. The average molecular weight is 433 g/mol. The Morgan fingerprint density at radius 2 is 1.58 bits per heavy atom. The molecule has 7 heteroatoms. The number of carbonyl (C=O) groups excluding carboxylic acids is 1. The highest BCUT2D eigenvalue weighted by molar-refractivity contribution is 6.30. The third-order valence-electron chi connectivity index (χ3n) is 5.57. The number of amides is 1. The van der Waals surface area contributed by atoms with E-state index in [4.69, 9.17) is 26.4 Å². The summed E-state index contributed by atoms with van der Waals surface area (Å²) in [6.45, 7) is 1.54. The van der Waals surface area contributed by atoms with E-state index in [-0.39, 0.29) is 5.91 Å². The van der Waals surface area contributed by atoms with E-state index in [1.807, 2.05) is 65.6 Å². The van der Waals surface area contributed by atoms with Crippen LogP contribution >= 0.6 is 11.6 Å². The molecule has 1 amide bonds. The van der Waals surface area contributed by atoms with Crippen LogP contribution in [0.25, 0.3) is 28.2 Å². The fourth-order valence-corrected chi connectivity index (χ4v) is 4.01. The molecule has 4 aromatic rings. The highest BCUT2D eigenvalue weighted by atomic mass is 35.5. The number of ether oxygens (including phenoxy) is 1. The zero-order valence-corrected chi connectivity index (χ0v) is 17.8. The second kappa shape index (κ2) is 8.04. The summed E-state index contributed by atoms with van der Waals surface area (Å²) in [6.07, 6.45) is 2.06. The number of halogens is 1. The lowest BCUT2D eigenvalue weighted by Crippen LogP contribution is -2.29. The first-order chi connectivity index (χ1) is 15.1. The van der Waals surface area contributed by atoms with Crippen LogP contribution in [0.5, 0.6) is 5.75 Å². The maximum Gasteiger partial charge on any atom is 0.272 e. The number of hydrogen-bond donors (Lipinski definition) is 0. The first-order valence-electron chi connectivity index (χ1n) is 10.2. The molecule has 0 N–H and O–H groups in total. The minimum atomic E-state index is -0.0228. The van der Waals surface area contributed by atoms with Crippen LogP contribution in [0.3, 0.4) is 0 Å². The summed E-state index contributed by atoms with van der Waals surface area (Å²) in [6, 6.07) is 18.9. The second-order valence-electron chi connectivity index (χ2n) is 7.56. The zero-order valence-electron chi connectivity index (χ0n) is 17.1. The highest BCUT2D eigenvalue weighted by Gasteiger charge is 2.24. The van der Waals surface area contributed by atoms with Crippen LogP contribution in [-0.2, 0) is 0 Å². The molecule has 5 rings (SSSR count). The second-order valence-corrected chi connectivity index (χ2v) is 8.00. The van der Waals surface area contributed by atoms with Gasteiger partial charge in [0.1, 0.15) is 11.4 Å². The first kappa shape index (κ1) is 19.6. The molecule has 31 heavy (non-hydrogen) atoms. The molecule has 3 heterocycles. The monoisotopic (exact) mass is 432 g/mol. The molecule has 0 saturated carbocycles. The van der Waals surface area contributed by atoms with Gasteiger partial charge in [-0.1, -0.05) is 23.7 Å². The Labute approximate surface area is 185 Å². The smallest absolute Gasteiger partial charge is 0.272 e. The van der Waals surface area contributed by atoms with Crippen LogP contribution in [0, 0.1) is 0 Å². The summed E-state index contributed by atoms with van der Waals surface area (Å²) in [5.74, 6) is 0.748. The van der Waals surface area contributed by atoms with Crippen molar-refractivity contribution in [2.75, 3.05) is 20.2 Å². The molecular weight excluding hydrogens is 412 g/mol. The predicted octanol–water partition coefficient (Wildman–Crippen LogP) is 4.96. The van der Waals surface area contributed by atoms with Crippen molar-refractivity contribution in [3.8, 4) is 28.3 Å². The molecule has 0 bridgehead atoms. The van der Waals surface area contributed by atoms with Gasteiger partial charge in [0.25, 0.3) is 5.91 Å². The molecule has 1 aliphatic rings. The third kappa shape index (κ3) is 3.75. The Bertz CT molecular complexity index is 1240. The Balaban J connectivity index is 1.65. The van der Waals surface area contributed by atoms with Crippen molar-refractivity contribution in [1.29, 1.82) is 0 Å². The quantitative estimate of drug-likeness (QED) is 0.457. The summed E-state index contributed by atoms with van der Waals surface area (Å²) in [5.41, 5.74) is 4.43. The minimum Gasteiger partial charge on any atom is -0.497 e. The molecule has 1 fully saturated rings. The molecule has 0 atom stereocenters. The van der Waals surface area contributed by atoms with E-state index in [0.29, 0.717) is 16.4 Å². The Hall–Kier alpha value is -3.38. The van der Waals surface area contributed by atoms with E-state index in [1.54, 1.807) is 11.6 Å². The molecule has 2 aromatic heterocycles. The molecule has 1 saturated heterocycles. The molecule has 0 unspecified atom stereocenters. The number of fused-ring (bicyclic) bond motifs is 1. The number of hydrogen-bond acceptors (Lipinski definition) is 4. The summed E-state index contributed by atoms with van der Waals surface area (Å²) in [5, 5.41) is 5.37. The van der Waals surface area contributed by atoms with E-state index in [9.17, 15) is 4.79 Å². The number of nitrogens with zero attached hydrogens (tertiary/aromatic N) is 4. The Kier molecular flexibility index (Phi) is 5.08. The molecule has 0 aliphatic carbocycles. The zero-order chi connectivity index (χ0) is 21.4. The predicted molar refractivity (Wildman–Crippen MR) is 121 cm³/mol. The van der Waals surface area contributed by atoms with Crippen molar-refractivity contribution in [2.45, 2.75) is 12.8 Å². The van der Waals surface area contributed by atoms with Gasteiger partial charge in [0.15, 0.2) is 5.65 Å². The normalized spacial score (nSPS) is 13.7. The molecular formula is C24H21ClN4O2. The lowest BCUT2D eigenvalue weighted by atomic mass is 10.1. The minimum absolute atomic E-state index is 0.0228. The maximum atomic E-state index is 13.3. The van der Waals surface area contributed by atoms with Gasteiger partial charge in [0.2, 0.25) is 0 Å². The average Bonchev–Trinajstić information content (AvgIpc) is 3.49. The van der Waals surface area contributed by atoms with Gasteiger partial charge in [-0.25, -0.2) is 9.50 Å². The number of likely N-dealkylation sites (tertiary alicyclic amines) is 1. The molecule has 1 aliphatic heterocycles. The van der Waals surface area contributed by atoms with Crippen molar-refractivity contribution < 1.29 is 9.53 Å².